The first-order chi connectivity index (χ1) is 24.7. The number of halogens is 1. The largest absolute Gasteiger partial charge is 0.333 e. The van der Waals surface area contributed by atoms with Crippen molar-refractivity contribution in [2.75, 3.05) is 10.6 Å². The summed E-state index contributed by atoms with van der Waals surface area (Å²) in [5.74, 6) is -0.869. The number of anilines is 2. The Morgan fingerprint density at radius 1 is 0.698 bits per heavy atom. The maximum atomic E-state index is 14.4. The molecule has 0 radical (unpaired) electrons. The van der Waals surface area contributed by atoms with Gasteiger partial charge in [0.15, 0.2) is 0 Å². The molecule has 4 N–H and O–H groups in total. The second kappa shape index (κ2) is 16.3. The highest BCUT2D eigenvalue weighted by molar-refractivity contribution is 7.90. The smallest absolute Gasteiger partial charge is 0.307 e. The van der Waals surface area contributed by atoms with Gasteiger partial charge in [0.25, 0.3) is 20.0 Å². The van der Waals surface area contributed by atoms with Gasteiger partial charge in [-0.05, 0) is 71.9 Å². The van der Waals surface area contributed by atoms with E-state index in [0.717, 1.165) is 18.0 Å². The Bertz CT molecular complexity index is 2220. The minimum absolute atomic E-state index is 0.0523. The van der Waals surface area contributed by atoms with E-state index >= 15 is 0 Å². The van der Waals surface area contributed by atoms with Crippen LogP contribution in [-0.2, 0) is 26.5 Å². The van der Waals surface area contributed by atoms with Gasteiger partial charge in [0.2, 0.25) is 0 Å². The molecule has 284 valence electrons. The highest BCUT2D eigenvalue weighted by atomic mass is 32.2. The zero-order valence-corrected chi connectivity index (χ0v) is 32.7. The van der Waals surface area contributed by atoms with E-state index in [2.05, 4.69) is 30.6 Å². The summed E-state index contributed by atoms with van der Waals surface area (Å²) in [6.45, 7) is 16.1. The molecule has 0 saturated carbocycles. The fraction of sp³-hybridized carbons (Fsp3) is 0.389. The number of amides is 4. The van der Waals surface area contributed by atoms with E-state index in [0.29, 0.717) is 33.9 Å². The fourth-order valence-corrected chi connectivity index (χ4v) is 7.93. The monoisotopic (exact) mass is 768 g/mol. The van der Waals surface area contributed by atoms with Crippen LogP contribution < -0.4 is 20.1 Å². The third-order valence-electron chi connectivity index (χ3n) is 8.54. The molecule has 2 aromatic carbocycles. The lowest BCUT2D eigenvalue weighted by Crippen LogP contribution is -2.35. The van der Waals surface area contributed by atoms with Crippen LogP contribution in [-0.4, -0.2) is 48.8 Å². The summed E-state index contributed by atoms with van der Waals surface area (Å²) < 4.78 is 71.0. The van der Waals surface area contributed by atoms with Gasteiger partial charge in [-0.1, -0.05) is 66.7 Å². The molecule has 4 rings (SSSR count). The third kappa shape index (κ3) is 9.70. The van der Waals surface area contributed by atoms with Crippen LogP contribution >= 0.6 is 0 Å². The summed E-state index contributed by atoms with van der Waals surface area (Å²) >= 11 is 0. The molecule has 0 fully saturated rings. The summed E-state index contributed by atoms with van der Waals surface area (Å²) in [5, 5.41) is 5.33. The first-order valence-electron chi connectivity index (χ1n) is 16.9. The zero-order valence-electron chi connectivity index (χ0n) is 31.1. The summed E-state index contributed by atoms with van der Waals surface area (Å²) in [4.78, 5) is 42.0. The third-order valence-corrected chi connectivity index (χ3v) is 11.4. The molecule has 0 aliphatic carbocycles. The van der Waals surface area contributed by atoms with Crippen LogP contribution in [0.4, 0.5) is 25.4 Å². The van der Waals surface area contributed by atoms with Gasteiger partial charge in [0, 0.05) is 17.8 Å². The van der Waals surface area contributed by atoms with E-state index in [1.165, 1.54) is 32.3 Å². The number of carbonyl (C=O) groups is 2. The summed E-state index contributed by atoms with van der Waals surface area (Å²) in [7, 11) is -8.71. The minimum atomic E-state index is -4.43. The standard InChI is InChI=1S/C36H45FN8O6S2/c1-19(2)26-11-10-12-27(33(26)42-35(46)44-52(48,49)30-16-38-18-40-23(30)8)22(7)13-32-39-17-31(24(9)41-32)53(50,51)45-36(47)43-34-28(20(3)4)14-25(37)15-29(34)21(5)6/h10-12,14-22H,13H2,1-9H3,(H2,42,44,46)(H2,43,45,47). The van der Waals surface area contributed by atoms with E-state index in [9.17, 15) is 30.8 Å². The normalized spacial score (nSPS) is 12.5. The van der Waals surface area contributed by atoms with Crippen LogP contribution in [0.2, 0.25) is 0 Å². The average Bonchev–Trinajstić information content (AvgIpc) is 3.04. The molecule has 2 heterocycles. The number of nitrogens with zero attached hydrogens (tertiary/aromatic N) is 4. The Kier molecular flexibility index (Phi) is 12.5. The number of aryl methyl sites for hydroxylation is 2. The lowest BCUT2D eigenvalue weighted by atomic mass is 9.90. The highest BCUT2D eigenvalue weighted by Gasteiger charge is 2.27. The van der Waals surface area contributed by atoms with Crippen molar-refractivity contribution < 1.29 is 30.8 Å². The van der Waals surface area contributed by atoms with Crippen molar-refractivity contribution in [3.8, 4) is 0 Å². The molecule has 4 aromatic rings. The maximum Gasteiger partial charge on any atom is 0.333 e. The first kappa shape index (κ1) is 40.7. The molecule has 0 aliphatic heterocycles. The molecular weight excluding hydrogens is 724 g/mol. The molecule has 1 unspecified atom stereocenters. The number of nitrogens with one attached hydrogen (secondary N) is 4. The van der Waals surface area contributed by atoms with Crippen molar-refractivity contribution in [2.24, 2.45) is 0 Å². The number of carbonyl (C=O) groups excluding carboxylic acids is 2. The molecular formula is C36H45FN8O6S2. The van der Waals surface area contributed by atoms with Crippen molar-refractivity contribution in [1.82, 2.24) is 29.4 Å². The minimum Gasteiger partial charge on any atom is -0.307 e. The van der Waals surface area contributed by atoms with Gasteiger partial charge in [-0.2, -0.15) is 0 Å². The van der Waals surface area contributed by atoms with Gasteiger partial charge >= 0.3 is 12.1 Å². The van der Waals surface area contributed by atoms with Crippen LogP contribution in [0.3, 0.4) is 0 Å². The number of rotatable bonds is 12. The first-order valence-corrected chi connectivity index (χ1v) is 19.9. The van der Waals surface area contributed by atoms with Crippen molar-refractivity contribution in [3.05, 3.63) is 94.3 Å². The van der Waals surface area contributed by atoms with Crippen molar-refractivity contribution >= 4 is 43.5 Å². The van der Waals surface area contributed by atoms with Gasteiger partial charge in [-0.25, -0.2) is 60.2 Å². The topological polar surface area (TPSA) is 202 Å². The number of benzene rings is 2. The molecule has 1 atom stereocenters. The van der Waals surface area contributed by atoms with Crippen molar-refractivity contribution in [3.63, 3.8) is 0 Å². The van der Waals surface area contributed by atoms with Gasteiger partial charge < -0.3 is 10.6 Å². The molecule has 2 aromatic heterocycles. The van der Waals surface area contributed by atoms with Crippen LogP contribution in [0.25, 0.3) is 0 Å². The van der Waals surface area contributed by atoms with E-state index < -0.39 is 37.9 Å². The fourth-order valence-electron chi connectivity index (χ4n) is 5.85. The molecule has 0 spiro atoms. The number of urea groups is 2. The highest BCUT2D eigenvalue weighted by Crippen LogP contribution is 2.35. The summed E-state index contributed by atoms with van der Waals surface area (Å²) in [6.07, 6.45) is 3.64. The van der Waals surface area contributed by atoms with Crippen molar-refractivity contribution in [2.45, 2.75) is 102 Å². The summed E-state index contributed by atoms with van der Waals surface area (Å²) in [6, 6.07) is 6.08. The molecule has 17 heteroatoms. The van der Waals surface area contributed by atoms with Crippen LogP contribution in [0.5, 0.6) is 0 Å². The summed E-state index contributed by atoms with van der Waals surface area (Å²) in [5.41, 5.74) is 3.50. The Hall–Kier alpha value is -5.03. The maximum absolute atomic E-state index is 14.4. The number of para-hydroxylation sites is 1. The predicted molar refractivity (Wildman–Crippen MR) is 199 cm³/mol. The molecule has 53 heavy (non-hydrogen) atoms. The van der Waals surface area contributed by atoms with Gasteiger partial charge in [-0.15, -0.1) is 0 Å². The quantitative estimate of drug-likeness (QED) is 0.119. The van der Waals surface area contributed by atoms with Crippen molar-refractivity contribution in [1.29, 1.82) is 0 Å². The molecule has 0 bridgehead atoms. The Morgan fingerprint density at radius 3 is 1.68 bits per heavy atom. The Labute approximate surface area is 310 Å². The molecule has 0 aliphatic rings. The van der Waals surface area contributed by atoms with E-state index in [4.69, 9.17) is 0 Å². The number of sulfonamides is 2. The molecule has 0 saturated heterocycles. The van der Waals surface area contributed by atoms with Gasteiger partial charge in [0.1, 0.15) is 27.8 Å². The molecule has 14 nitrogen and oxygen atoms in total. The van der Waals surface area contributed by atoms with E-state index in [1.54, 1.807) is 6.07 Å². The van der Waals surface area contributed by atoms with Crippen LogP contribution in [0, 0.1) is 19.7 Å². The van der Waals surface area contributed by atoms with Gasteiger partial charge in [-0.3, -0.25) is 0 Å². The lowest BCUT2D eigenvalue weighted by molar-refractivity contribution is 0.255. The van der Waals surface area contributed by atoms with E-state index in [1.807, 2.05) is 70.0 Å². The second-order valence-corrected chi connectivity index (χ2v) is 17.0. The Balaban J connectivity index is 1.54. The van der Waals surface area contributed by atoms with E-state index in [-0.39, 0.29) is 51.3 Å². The van der Waals surface area contributed by atoms with Crippen LogP contribution in [0.1, 0.15) is 112 Å². The SMILES string of the molecule is Cc1nc(CC(C)c2cccc(C(C)C)c2NC(=O)NS(=O)(=O)c2cncnc2C)ncc1S(=O)(=O)NC(=O)Nc1c(C(C)C)cc(F)cc1C(C)C. The lowest BCUT2D eigenvalue weighted by Gasteiger charge is -2.22. The number of hydrogen-bond donors (Lipinski definition) is 4. The predicted octanol–water partition coefficient (Wildman–Crippen LogP) is 6.76. The Morgan fingerprint density at radius 2 is 1.19 bits per heavy atom. The zero-order chi connectivity index (χ0) is 39.4. The van der Waals surface area contributed by atoms with Gasteiger partial charge in [0.05, 0.1) is 23.8 Å². The molecule has 4 amide bonds. The number of aromatic nitrogens is 4. The number of hydrogen-bond acceptors (Lipinski definition) is 10. The second-order valence-electron chi connectivity index (χ2n) is 13.7. The van der Waals surface area contributed by atoms with Crippen LogP contribution in [0.15, 0.2) is 58.8 Å². The average molecular weight is 769 g/mol.